The fourth-order valence-electron chi connectivity index (χ4n) is 3.33. The van der Waals surface area contributed by atoms with Crippen molar-refractivity contribution >= 4 is 22.7 Å². The van der Waals surface area contributed by atoms with Crippen LogP contribution in [0.2, 0.25) is 0 Å². The van der Waals surface area contributed by atoms with E-state index < -0.39 is 17.2 Å². The van der Waals surface area contributed by atoms with Crippen LogP contribution in [0, 0.1) is 6.92 Å². The van der Waals surface area contributed by atoms with Crippen molar-refractivity contribution in [2.45, 2.75) is 13.5 Å². The van der Waals surface area contributed by atoms with Crippen LogP contribution in [-0.2, 0) is 6.54 Å². The molecule has 0 unspecified atom stereocenters. The zero-order valence-corrected chi connectivity index (χ0v) is 17.4. The molecule has 10 heteroatoms. The van der Waals surface area contributed by atoms with Crippen LogP contribution in [0.4, 0.5) is 5.69 Å². The Morgan fingerprint density at radius 2 is 1.97 bits per heavy atom. The van der Waals surface area contributed by atoms with E-state index in [0.29, 0.717) is 17.9 Å². The second kappa shape index (κ2) is 8.07. The van der Waals surface area contributed by atoms with Gasteiger partial charge in [-0.05, 0) is 33.2 Å². The van der Waals surface area contributed by atoms with Gasteiger partial charge in [-0.2, -0.15) is 5.10 Å². The monoisotopic (exact) mass is 422 g/mol. The Kier molecular flexibility index (Phi) is 5.30. The second-order valence-corrected chi connectivity index (χ2v) is 7.39. The molecule has 0 atom stereocenters. The van der Waals surface area contributed by atoms with Gasteiger partial charge in [0, 0.05) is 12.7 Å². The molecule has 10 nitrogen and oxygen atoms in total. The van der Waals surface area contributed by atoms with E-state index in [9.17, 15) is 14.4 Å². The number of H-pyrrole nitrogens is 1. The maximum Gasteiger partial charge on any atom is 0.335 e. The first-order chi connectivity index (χ1) is 14.8. The van der Waals surface area contributed by atoms with Crippen LogP contribution in [0.3, 0.4) is 0 Å². The molecule has 4 aromatic rings. The number of furan rings is 1. The van der Waals surface area contributed by atoms with Crippen molar-refractivity contribution in [2.24, 2.45) is 0 Å². The van der Waals surface area contributed by atoms with Gasteiger partial charge in [0.1, 0.15) is 11.1 Å². The zero-order chi connectivity index (χ0) is 22.1. The normalized spacial score (nSPS) is 11.4. The first-order valence-electron chi connectivity index (χ1n) is 9.67. The number of nitrogens with one attached hydrogen (secondary N) is 2. The van der Waals surface area contributed by atoms with E-state index in [1.165, 1.54) is 6.20 Å². The van der Waals surface area contributed by atoms with Gasteiger partial charge < -0.3 is 14.6 Å². The number of hydrogen-bond acceptors (Lipinski definition) is 6. The number of hydrogen-bond donors (Lipinski definition) is 2. The average Bonchev–Trinajstić information content (AvgIpc) is 3.30. The molecule has 4 rings (SSSR count). The third-order valence-corrected chi connectivity index (χ3v) is 4.83. The maximum atomic E-state index is 13.2. The van der Waals surface area contributed by atoms with Crippen molar-refractivity contribution in [1.29, 1.82) is 0 Å². The molecule has 0 fully saturated rings. The molecule has 0 aliphatic rings. The summed E-state index contributed by atoms with van der Waals surface area (Å²) in [4.78, 5) is 43.2. The number of likely N-dealkylation sites (N-methyl/N-ethyl adjacent to an activating group) is 1. The van der Waals surface area contributed by atoms with Crippen molar-refractivity contribution < 1.29 is 9.21 Å². The number of amides is 1. The molecule has 0 saturated carbocycles. The number of nitrogens with zero attached hydrogens (tertiary/aromatic N) is 4. The topological polar surface area (TPSA) is 118 Å². The molecule has 1 aromatic carbocycles. The van der Waals surface area contributed by atoms with Gasteiger partial charge in [-0.1, -0.05) is 18.2 Å². The number of aromatic nitrogens is 4. The van der Waals surface area contributed by atoms with Crippen LogP contribution in [0.25, 0.3) is 16.8 Å². The van der Waals surface area contributed by atoms with Gasteiger partial charge in [0.15, 0.2) is 0 Å². The number of aryl methyl sites for hydroxylation is 1. The van der Waals surface area contributed by atoms with E-state index >= 15 is 0 Å². The van der Waals surface area contributed by atoms with Crippen LogP contribution < -0.4 is 16.6 Å². The molecular formula is C21H22N6O4. The highest BCUT2D eigenvalue weighted by atomic mass is 16.3. The van der Waals surface area contributed by atoms with E-state index in [1.807, 2.05) is 19.0 Å². The summed E-state index contributed by atoms with van der Waals surface area (Å²) in [5.41, 5.74) is -0.359. The Bertz CT molecular complexity index is 1360. The average molecular weight is 422 g/mol. The van der Waals surface area contributed by atoms with Crippen molar-refractivity contribution in [3.63, 3.8) is 0 Å². The highest BCUT2D eigenvalue weighted by Crippen LogP contribution is 2.22. The molecule has 0 radical (unpaired) electrons. The van der Waals surface area contributed by atoms with Gasteiger partial charge in [-0.3, -0.25) is 19.3 Å². The Labute approximate surface area is 176 Å². The molecule has 0 saturated heterocycles. The van der Waals surface area contributed by atoms with Crippen LogP contribution in [0.5, 0.6) is 0 Å². The van der Waals surface area contributed by atoms with Gasteiger partial charge in [-0.25, -0.2) is 9.36 Å². The van der Waals surface area contributed by atoms with E-state index in [0.717, 1.165) is 11.1 Å². The van der Waals surface area contributed by atoms with Gasteiger partial charge in [0.25, 0.3) is 11.5 Å². The summed E-state index contributed by atoms with van der Waals surface area (Å²) in [6.07, 6.45) is 3.25. The Balaban J connectivity index is 1.72. The first-order valence-corrected chi connectivity index (χ1v) is 9.67. The lowest BCUT2D eigenvalue weighted by molar-refractivity contribution is 0.102. The fourth-order valence-corrected chi connectivity index (χ4v) is 3.33. The number of fused-ring (bicyclic) bond motifs is 1. The molecule has 3 aromatic heterocycles. The van der Waals surface area contributed by atoms with Crippen LogP contribution in [0.15, 0.2) is 56.7 Å². The predicted octanol–water partition coefficient (Wildman–Crippen LogP) is 1.59. The summed E-state index contributed by atoms with van der Waals surface area (Å²) in [6.45, 7) is 3.03. The van der Waals surface area contributed by atoms with Gasteiger partial charge in [0.2, 0.25) is 5.71 Å². The number of carbonyl (C=O) groups is 1. The third kappa shape index (κ3) is 3.92. The van der Waals surface area contributed by atoms with Crippen molar-refractivity contribution in [2.75, 3.05) is 26.0 Å². The van der Waals surface area contributed by atoms with Gasteiger partial charge in [-0.15, -0.1) is 0 Å². The van der Waals surface area contributed by atoms with Crippen molar-refractivity contribution in [1.82, 2.24) is 24.2 Å². The standard InChI is InChI=1S/C21H22N6O4/c1-13-16(18(28)23-14-11-22-26(12-14)10-9-25(2)3)17-19(31-13)24-21(30)27(20(17)29)15-7-5-4-6-8-15/h4-8,11-12H,9-10H2,1-3H3,(H,23,28)(H,24,30). The summed E-state index contributed by atoms with van der Waals surface area (Å²) in [7, 11) is 3.93. The number of rotatable bonds is 6. The molecular weight excluding hydrogens is 400 g/mol. The lowest BCUT2D eigenvalue weighted by Crippen LogP contribution is -2.34. The summed E-state index contributed by atoms with van der Waals surface area (Å²) in [5.74, 6) is -0.293. The van der Waals surface area contributed by atoms with Crippen molar-refractivity contribution in [3.8, 4) is 5.69 Å². The van der Waals surface area contributed by atoms with E-state index in [2.05, 4.69) is 15.4 Å². The minimum absolute atomic E-state index is 0.0125. The van der Waals surface area contributed by atoms with Crippen LogP contribution in [-0.4, -0.2) is 50.8 Å². The SMILES string of the molecule is Cc1oc2[nH]c(=O)n(-c3ccccc3)c(=O)c2c1C(=O)Nc1cnn(CCN(C)C)c1. The summed E-state index contributed by atoms with van der Waals surface area (Å²) in [6, 6.07) is 8.48. The molecule has 0 aliphatic carbocycles. The molecule has 31 heavy (non-hydrogen) atoms. The third-order valence-electron chi connectivity index (χ3n) is 4.83. The highest BCUT2D eigenvalue weighted by molar-refractivity contribution is 6.12. The van der Waals surface area contributed by atoms with Crippen LogP contribution >= 0.6 is 0 Å². The van der Waals surface area contributed by atoms with E-state index in [1.54, 1.807) is 48.1 Å². The van der Waals surface area contributed by atoms with E-state index in [4.69, 9.17) is 4.42 Å². The summed E-state index contributed by atoms with van der Waals surface area (Å²) < 4.78 is 8.22. The maximum absolute atomic E-state index is 13.2. The summed E-state index contributed by atoms with van der Waals surface area (Å²) >= 11 is 0. The number of aromatic amines is 1. The lowest BCUT2D eigenvalue weighted by Gasteiger charge is -2.08. The first kappa shape index (κ1) is 20.4. The Morgan fingerprint density at radius 3 is 2.68 bits per heavy atom. The largest absolute Gasteiger partial charge is 0.444 e. The predicted molar refractivity (Wildman–Crippen MR) is 116 cm³/mol. The second-order valence-electron chi connectivity index (χ2n) is 7.39. The van der Waals surface area contributed by atoms with E-state index in [-0.39, 0.29) is 22.4 Å². The van der Waals surface area contributed by atoms with Gasteiger partial charge in [0.05, 0.1) is 29.7 Å². The minimum atomic E-state index is -0.647. The number of carbonyl (C=O) groups excluding carboxylic acids is 1. The molecule has 3 heterocycles. The zero-order valence-electron chi connectivity index (χ0n) is 17.4. The molecule has 0 aliphatic heterocycles. The number of anilines is 1. The molecule has 160 valence electrons. The number of para-hydroxylation sites is 1. The molecule has 0 spiro atoms. The highest BCUT2D eigenvalue weighted by Gasteiger charge is 2.24. The van der Waals surface area contributed by atoms with Gasteiger partial charge >= 0.3 is 5.69 Å². The fraction of sp³-hybridized carbons (Fsp3) is 0.238. The Morgan fingerprint density at radius 1 is 1.23 bits per heavy atom. The Hall–Kier alpha value is -3.92. The molecule has 1 amide bonds. The molecule has 0 bridgehead atoms. The van der Waals surface area contributed by atoms with Crippen LogP contribution in [0.1, 0.15) is 16.1 Å². The lowest BCUT2D eigenvalue weighted by atomic mass is 10.1. The number of benzene rings is 1. The minimum Gasteiger partial charge on any atom is -0.444 e. The van der Waals surface area contributed by atoms with Crippen molar-refractivity contribution in [3.05, 3.63) is 74.9 Å². The smallest absolute Gasteiger partial charge is 0.335 e. The molecule has 2 N–H and O–H groups in total. The summed E-state index contributed by atoms with van der Waals surface area (Å²) in [5, 5.41) is 6.99. The quantitative estimate of drug-likeness (QED) is 0.487.